The van der Waals surface area contributed by atoms with E-state index in [1.165, 1.54) is 76.2 Å². The molecule has 33 heavy (non-hydrogen) atoms. The summed E-state index contributed by atoms with van der Waals surface area (Å²) >= 11 is 0. The summed E-state index contributed by atoms with van der Waals surface area (Å²) in [5.41, 5.74) is 1.19. The van der Waals surface area contributed by atoms with Crippen molar-refractivity contribution >= 4 is 10.1 Å². The van der Waals surface area contributed by atoms with Crippen LogP contribution in [-0.4, -0.2) is 13.0 Å². The van der Waals surface area contributed by atoms with E-state index in [1.54, 1.807) is 12.1 Å². The molecule has 0 bridgehead atoms. The molecule has 7 heteroatoms. The minimum absolute atomic E-state index is 0. The van der Waals surface area contributed by atoms with Gasteiger partial charge in [-0.15, -0.1) is 5.75 Å². The molecule has 0 aliphatic rings. The average molecular weight is 501 g/mol. The summed E-state index contributed by atoms with van der Waals surface area (Å²) in [7, 11) is -4.47. The van der Waals surface area contributed by atoms with Gasteiger partial charge < -0.3 is 9.84 Å². The molecule has 178 valence electrons. The maximum atomic E-state index is 11.6. The van der Waals surface area contributed by atoms with E-state index < -0.39 is 20.8 Å². The molecule has 0 heterocycles. The quantitative estimate of drug-likeness (QED) is 0.213. The van der Waals surface area contributed by atoms with Gasteiger partial charge in [0.05, 0.1) is 0 Å². The van der Waals surface area contributed by atoms with Crippen LogP contribution < -0.4 is 61.2 Å². The second-order valence-corrected chi connectivity index (χ2v) is 9.86. The van der Waals surface area contributed by atoms with Crippen LogP contribution in [0.3, 0.4) is 0 Å². The first-order valence-corrected chi connectivity index (χ1v) is 13.4. The molecule has 0 amide bonds. The molecule has 0 aliphatic heterocycles. The van der Waals surface area contributed by atoms with Crippen molar-refractivity contribution in [3.05, 3.63) is 48.0 Å². The molecular formula is C26H37KO5S. The van der Waals surface area contributed by atoms with E-state index in [4.69, 9.17) is 4.74 Å². The predicted octanol–water partition coefficient (Wildman–Crippen LogP) is 4.05. The second kappa shape index (κ2) is 17.1. The topological polar surface area (TPSA) is 86.7 Å². The predicted molar refractivity (Wildman–Crippen MR) is 127 cm³/mol. The van der Waals surface area contributed by atoms with Crippen molar-refractivity contribution in [2.24, 2.45) is 0 Å². The van der Waals surface area contributed by atoms with Crippen LogP contribution in [0.4, 0.5) is 0 Å². The van der Waals surface area contributed by atoms with Crippen molar-refractivity contribution in [2.45, 2.75) is 95.3 Å². The van der Waals surface area contributed by atoms with E-state index in [0.717, 1.165) is 31.0 Å². The fourth-order valence-corrected chi connectivity index (χ4v) is 4.40. The van der Waals surface area contributed by atoms with E-state index in [-0.39, 0.29) is 57.1 Å². The second-order valence-electron chi connectivity index (χ2n) is 8.47. The van der Waals surface area contributed by atoms with Crippen LogP contribution in [0.5, 0.6) is 17.2 Å². The molecule has 0 fully saturated rings. The van der Waals surface area contributed by atoms with Gasteiger partial charge in [0.25, 0.3) is 10.1 Å². The summed E-state index contributed by atoms with van der Waals surface area (Å²) in [5.74, 6) is -0.149. The summed E-state index contributed by atoms with van der Waals surface area (Å²) in [6.45, 7) is 2.25. The molecule has 2 aromatic carbocycles. The fourth-order valence-electron chi connectivity index (χ4n) is 3.80. The monoisotopic (exact) mass is 500 g/mol. The molecule has 0 unspecified atom stereocenters. The Balaban J connectivity index is 0.00000544. The first kappa shape index (κ1) is 30.6. The first-order chi connectivity index (χ1) is 15.4. The SMILES string of the molecule is CCCCCCCCCCCCCCc1ccc(Oc2cc([O-])ccc2S(=O)(=O)O)cc1.[K+]. The van der Waals surface area contributed by atoms with E-state index in [1.807, 2.05) is 12.1 Å². The zero-order valence-electron chi connectivity index (χ0n) is 20.2. The maximum Gasteiger partial charge on any atom is 1.00 e. The number of rotatable bonds is 16. The van der Waals surface area contributed by atoms with Crippen molar-refractivity contribution in [3.8, 4) is 17.2 Å². The summed E-state index contributed by atoms with van der Waals surface area (Å²) in [6.07, 6.45) is 16.9. The minimum atomic E-state index is -4.47. The summed E-state index contributed by atoms with van der Waals surface area (Å²) < 4.78 is 37.8. The third kappa shape index (κ3) is 12.7. The third-order valence-electron chi connectivity index (χ3n) is 5.66. The third-order valence-corrected chi connectivity index (χ3v) is 6.56. The van der Waals surface area contributed by atoms with Gasteiger partial charge in [0.1, 0.15) is 16.4 Å². The Morgan fingerprint density at radius 3 is 1.82 bits per heavy atom. The minimum Gasteiger partial charge on any atom is -0.872 e. The largest absolute Gasteiger partial charge is 1.00 e. The normalized spacial score (nSPS) is 11.2. The molecule has 2 rings (SSSR count). The van der Waals surface area contributed by atoms with Crippen LogP contribution in [0.15, 0.2) is 47.4 Å². The van der Waals surface area contributed by atoms with Crippen LogP contribution in [0.1, 0.15) is 89.5 Å². The van der Waals surface area contributed by atoms with Crippen LogP contribution >= 0.6 is 0 Å². The van der Waals surface area contributed by atoms with E-state index in [2.05, 4.69) is 6.92 Å². The molecule has 0 radical (unpaired) electrons. The van der Waals surface area contributed by atoms with Gasteiger partial charge in [0, 0.05) is 0 Å². The Kier molecular flexibility index (Phi) is 15.9. The summed E-state index contributed by atoms with van der Waals surface area (Å²) in [4.78, 5) is -0.419. The Hall–Kier alpha value is -0.414. The van der Waals surface area contributed by atoms with Crippen molar-refractivity contribution in [1.29, 1.82) is 0 Å². The van der Waals surface area contributed by atoms with Gasteiger partial charge in [-0.2, -0.15) is 8.42 Å². The molecular weight excluding hydrogens is 463 g/mol. The first-order valence-electron chi connectivity index (χ1n) is 12.0. The fraction of sp³-hybridized carbons (Fsp3) is 0.538. The molecule has 5 nitrogen and oxygen atoms in total. The van der Waals surface area contributed by atoms with Crippen LogP contribution in [0.2, 0.25) is 0 Å². The molecule has 0 aliphatic carbocycles. The summed E-state index contributed by atoms with van der Waals surface area (Å²) in [6, 6.07) is 10.6. The summed E-state index contributed by atoms with van der Waals surface area (Å²) in [5, 5.41) is 11.6. The maximum absolute atomic E-state index is 11.6. The van der Waals surface area contributed by atoms with Crippen molar-refractivity contribution < 1.29 is 74.2 Å². The number of unbranched alkanes of at least 4 members (excludes halogenated alkanes) is 11. The molecule has 0 atom stereocenters. The Labute approximate surface area is 242 Å². The molecule has 1 N–H and O–H groups in total. The van der Waals surface area contributed by atoms with Gasteiger partial charge in [-0.05, 0) is 42.7 Å². The van der Waals surface area contributed by atoms with Crippen molar-refractivity contribution in [2.75, 3.05) is 0 Å². The van der Waals surface area contributed by atoms with Gasteiger partial charge in [-0.3, -0.25) is 4.55 Å². The van der Waals surface area contributed by atoms with E-state index in [9.17, 15) is 18.1 Å². The van der Waals surface area contributed by atoms with E-state index in [0.29, 0.717) is 5.75 Å². The van der Waals surface area contributed by atoms with Crippen molar-refractivity contribution in [3.63, 3.8) is 0 Å². The van der Waals surface area contributed by atoms with Crippen LogP contribution in [-0.2, 0) is 16.5 Å². The number of aryl methyl sites for hydroxylation is 1. The standard InChI is InChI=1S/C26H38O5S.K/c1-2-3-4-5-6-7-8-9-10-11-12-13-14-22-15-18-24(19-16-22)31-25-21-23(27)17-20-26(25)32(28,29)30;/h15-21,27H,2-14H2,1H3,(H,28,29,30);/q;+1/p-1. The zero-order valence-corrected chi connectivity index (χ0v) is 24.2. The van der Waals surface area contributed by atoms with Crippen molar-refractivity contribution in [1.82, 2.24) is 0 Å². The Bertz CT molecular complexity index is 897. The van der Waals surface area contributed by atoms with E-state index >= 15 is 0 Å². The van der Waals surface area contributed by atoms with Gasteiger partial charge in [-0.25, -0.2) is 0 Å². The molecule has 0 saturated carbocycles. The van der Waals surface area contributed by atoms with Gasteiger partial charge in [0.2, 0.25) is 0 Å². The number of benzene rings is 2. The van der Waals surface area contributed by atoms with Crippen LogP contribution in [0, 0.1) is 0 Å². The molecule has 2 aromatic rings. The van der Waals surface area contributed by atoms with Crippen LogP contribution in [0.25, 0.3) is 0 Å². The Morgan fingerprint density at radius 2 is 1.30 bits per heavy atom. The van der Waals surface area contributed by atoms with Gasteiger partial charge >= 0.3 is 51.4 Å². The Morgan fingerprint density at radius 1 is 0.788 bits per heavy atom. The zero-order chi connectivity index (χ0) is 23.2. The smallest absolute Gasteiger partial charge is 0.872 e. The number of ether oxygens (including phenoxy) is 1. The number of hydrogen-bond acceptors (Lipinski definition) is 4. The van der Waals surface area contributed by atoms with Gasteiger partial charge in [0.15, 0.2) is 0 Å². The molecule has 0 spiro atoms. The average Bonchev–Trinajstić information content (AvgIpc) is 2.75. The number of hydrogen-bond donors (Lipinski definition) is 1. The molecule has 0 aromatic heterocycles. The van der Waals surface area contributed by atoms with Gasteiger partial charge in [-0.1, -0.05) is 95.8 Å². The molecule has 0 saturated heterocycles.